The number of amides is 1. The summed E-state index contributed by atoms with van der Waals surface area (Å²) in [5, 5.41) is 8.73. The summed E-state index contributed by atoms with van der Waals surface area (Å²) in [4.78, 5) is 12.9. The number of carbonyl (C=O) groups excluding carboxylic acids is 1. The minimum absolute atomic E-state index is 0.349. The second-order valence-electron chi connectivity index (χ2n) is 6.50. The van der Waals surface area contributed by atoms with E-state index in [2.05, 4.69) is 15.6 Å². The van der Waals surface area contributed by atoms with Gasteiger partial charge in [0.25, 0.3) is 5.91 Å². The number of methoxy groups -OCH3 is 1. The molecule has 0 fully saturated rings. The molecule has 1 aromatic heterocycles. The fourth-order valence-corrected chi connectivity index (χ4v) is 2.97. The lowest BCUT2D eigenvalue weighted by Crippen LogP contribution is -2.21. The van der Waals surface area contributed by atoms with Crippen LogP contribution in [-0.4, -0.2) is 29.0 Å². The van der Waals surface area contributed by atoms with Crippen molar-refractivity contribution >= 4 is 12.1 Å². The molecular weight excluding hydrogens is 376 g/mol. The Bertz CT molecular complexity index is 1150. The molecule has 0 radical (unpaired) electrons. The van der Waals surface area contributed by atoms with Crippen LogP contribution < -0.4 is 10.2 Å². The second-order valence-corrected chi connectivity index (χ2v) is 6.50. The van der Waals surface area contributed by atoms with E-state index in [1.165, 1.54) is 0 Å². The van der Waals surface area contributed by atoms with Crippen LogP contribution in [0.4, 0.5) is 0 Å². The van der Waals surface area contributed by atoms with Crippen LogP contribution in [0.3, 0.4) is 0 Å². The molecule has 4 aromatic rings. The summed E-state index contributed by atoms with van der Waals surface area (Å²) in [6.07, 6.45) is 1.60. The molecule has 1 amide bonds. The third-order valence-electron chi connectivity index (χ3n) is 4.51. The van der Waals surface area contributed by atoms with Crippen LogP contribution in [-0.2, 0) is 0 Å². The van der Waals surface area contributed by atoms with Crippen molar-refractivity contribution < 1.29 is 9.53 Å². The van der Waals surface area contributed by atoms with E-state index in [-0.39, 0.29) is 5.91 Å². The number of rotatable bonds is 6. The van der Waals surface area contributed by atoms with E-state index in [0.717, 1.165) is 22.6 Å². The normalized spacial score (nSPS) is 10.8. The van der Waals surface area contributed by atoms with Crippen LogP contribution in [0.15, 0.2) is 96.1 Å². The van der Waals surface area contributed by atoms with Gasteiger partial charge in [-0.1, -0.05) is 48.5 Å². The number of para-hydroxylation sites is 1. The van der Waals surface area contributed by atoms with Gasteiger partial charge in [0.1, 0.15) is 11.4 Å². The Balaban J connectivity index is 1.65. The van der Waals surface area contributed by atoms with Crippen LogP contribution in [0.1, 0.15) is 16.1 Å². The van der Waals surface area contributed by atoms with Crippen molar-refractivity contribution in [2.45, 2.75) is 0 Å². The second kappa shape index (κ2) is 8.87. The molecular formula is C24H20N4O2. The van der Waals surface area contributed by atoms with Gasteiger partial charge in [0.15, 0.2) is 0 Å². The van der Waals surface area contributed by atoms with Crippen molar-refractivity contribution in [3.63, 3.8) is 0 Å². The molecule has 1 N–H and O–H groups in total. The Kier molecular flexibility index (Phi) is 5.66. The highest BCUT2D eigenvalue weighted by Crippen LogP contribution is 2.24. The highest BCUT2D eigenvalue weighted by atomic mass is 16.5. The molecule has 148 valence electrons. The molecule has 0 spiro atoms. The topological polar surface area (TPSA) is 68.5 Å². The Labute approximate surface area is 174 Å². The van der Waals surface area contributed by atoms with Crippen LogP contribution >= 0.6 is 0 Å². The van der Waals surface area contributed by atoms with Crippen molar-refractivity contribution in [2.24, 2.45) is 5.10 Å². The van der Waals surface area contributed by atoms with Crippen molar-refractivity contribution in [2.75, 3.05) is 7.11 Å². The Hall–Kier alpha value is -4.19. The van der Waals surface area contributed by atoms with Gasteiger partial charge in [-0.05, 0) is 48.0 Å². The Morgan fingerprint density at radius 3 is 2.30 bits per heavy atom. The first-order valence-electron chi connectivity index (χ1n) is 9.43. The maximum Gasteiger partial charge on any atom is 0.290 e. The van der Waals surface area contributed by atoms with Gasteiger partial charge in [-0.15, -0.1) is 0 Å². The maximum absolute atomic E-state index is 12.9. The zero-order chi connectivity index (χ0) is 20.8. The summed E-state index contributed by atoms with van der Waals surface area (Å²) in [5.41, 5.74) is 6.22. The van der Waals surface area contributed by atoms with Gasteiger partial charge in [0.05, 0.1) is 24.7 Å². The number of carbonyl (C=O) groups is 1. The molecule has 6 heteroatoms. The molecule has 0 aliphatic heterocycles. The summed E-state index contributed by atoms with van der Waals surface area (Å²) in [7, 11) is 1.62. The minimum atomic E-state index is -0.349. The number of aromatic nitrogens is 2. The first kappa shape index (κ1) is 19.1. The third kappa shape index (κ3) is 4.28. The van der Waals surface area contributed by atoms with Gasteiger partial charge >= 0.3 is 0 Å². The summed E-state index contributed by atoms with van der Waals surface area (Å²) in [6.45, 7) is 0. The highest BCUT2D eigenvalue weighted by molar-refractivity contribution is 5.95. The SMILES string of the molecule is COc1ccc(-c2cc(C(=O)NN=Cc3ccccc3)n(-c3ccccc3)n2)cc1. The van der Waals surface area contributed by atoms with E-state index >= 15 is 0 Å². The van der Waals surface area contributed by atoms with Crippen molar-refractivity contribution in [3.05, 3.63) is 102 Å². The van der Waals surface area contributed by atoms with Gasteiger partial charge in [-0.3, -0.25) is 4.79 Å². The lowest BCUT2D eigenvalue weighted by molar-refractivity contribution is 0.0947. The molecule has 30 heavy (non-hydrogen) atoms. The molecule has 3 aromatic carbocycles. The number of hydrogen-bond donors (Lipinski definition) is 1. The van der Waals surface area contributed by atoms with E-state index < -0.39 is 0 Å². The van der Waals surface area contributed by atoms with E-state index in [1.54, 1.807) is 24.1 Å². The molecule has 0 saturated heterocycles. The van der Waals surface area contributed by atoms with Gasteiger partial charge in [0.2, 0.25) is 0 Å². The van der Waals surface area contributed by atoms with E-state index in [0.29, 0.717) is 11.4 Å². The highest BCUT2D eigenvalue weighted by Gasteiger charge is 2.17. The first-order valence-corrected chi connectivity index (χ1v) is 9.43. The number of benzene rings is 3. The zero-order valence-electron chi connectivity index (χ0n) is 16.4. The summed E-state index contributed by atoms with van der Waals surface area (Å²) >= 11 is 0. The van der Waals surface area contributed by atoms with E-state index in [4.69, 9.17) is 4.74 Å². The molecule has 0 bridgehead atoms. The number of nitrogens with zero attached hydrogens (tertiary/aromatic N) is 3. The van der Waals surface area contributed by atoms with Crippen LogP contribution in [0.2, 0.25) is 0 Å². The average Bonchev–Trinajstić information content (AvgIpc) is 3.26. The lowest BCUT2D eigenvalue weighted by atomic mass is 10.1. The zero-order valence-corrected chi connectivity index (χ0v) is 16.4. The number of hydrogen-bond acceptors (Lipinski definition) is 4. The van der Waals surface area contributed by atoms with Crippen molar-refractivity contribution in [1.82, 2.24) is 15.2 Å². The Morgan fingerprint density at radius 1 is 0.967 bits per heavy atom. The quantitative estimate of drug-likeness (QED) is 0.390. The molecule has 0 aliphatic carbocycles. The van der Waals surface area contributed by atoms with Crippen molar-refractivity contribution in [3.8, 4) is 22.7 Å². The molecule has 0 saturated carbocycles. The molecule has 0 atom stereocenters. The van der Waals surface area contributed by atoms with E-state index in [9.17, 15) is 4.79 Å². The largest absolute Gasteiger partial charge is 0.497 e. The number of ether oxygens (including phenoxy) is 1. The van der Waals surface area contributed by atoms with Crippen LogP contribution in [0.5, 0.6) is 5.75 Å². The smallest absolute Gasteiger partial charge is 0.290 e. The van der Waals surface area contributed by atoms with Gasteiger partial charge in [-0.25, -0.2) is 10.1 Å². The van der Waals surface area contributed by atoms with Crippen LogP contribution in [0.25, 0.3) is 16.9 Å². The fourth-order valence-electron chi connectivity index (χ4n) is 2.97. The van der Waals surface area contributed by atoms with Gasteiger partial charge in [0, 0.05) is 5.56 Å². The third-order valence-corrected chi connectivity index (χ3v) is 4.51. The summed E-state index contributed by atoms with van der Waals surface area (Å²) in [5.74, 6) is 0.410. The van der Waals surface area contributed by atoms with Gasteiger partial charge in [-0.2, -0.15) is 10.2 Å². The van der Waals surface area contributed by atoms with Crippen LogP contribution in [0, 0.1) is 0 Å². The van der Waals surface area contributed by atoms with Gasteiger partial charge < -0.3 is 4.74 Å². The molecule has 0 aliphatic rings. The molecule has 6 nitrogen and oxygen atoms in total. The predicted octanol–water partition coefficient (Wildman–Crippen LogP) is 4.31. The number of hydrazone groups is 1. The lowest BCUT2D eigenvalue weighted by Gasteiger charge is -2.06. The maximum atomic E-state index is 12.9. The summed E-state index contributed by atoms with van der Waals surface area (Å²) in [6, 6.07) is 28.4. The Morgan fingerprint density at radius 2 is 1.63 bits per heavy atom. The van der Waals surface area contributed by atoms with Crippen molar-refractivity contribution in [1.29, 1.82) is 0 Å². The molecule has 0 unspecified atom stereocenters. The predicted molar refractivity (Wildman–Crippen MR) is 117 cm³/mol. The minimum Gasteiger partial charge on any atom is -0.497 e. The van der Waals surface area contributed by atoms with E-state index in [1.807, 2.05) is 84.9 Å². The fraction of sp³-hybridized carbons (Fsp3) is 0.0417. The average molecular weight is 396 g/mol. The monoisotopic (exact) mass is 396 g/mol. The molecule has 4 rings (SSSR count). The number of nitrogens with one attached hydrogen (secondary N) is 1. The first-order chi connectivity index (χ1) is 14.7. The standard InChI is InChI=1S/C24H20N4O2/c1-30-21-14-12-19(13-15-21)22-16-23(28(27-22)20-10-6-3-7-11-20)24(29)26-25-17-18-8-4-2-5-9-18/h2-17H,1H3,(H,26,29). The summed E-state index contributed by atoms with van der Waals surface area (Å²) < 4.78 is 6.83. The molecule has 1 heterocycles.